The number of benzene rings is 2. The first kappa shape index (κ1) is 27.0. The van der Waals surface area contributed by atoms with Crippen molar-refractivity contribution in [1.29, 1.82) is 0 Å². The first-order chi connectivity index (χ1) is 17.2. The molecule has 1 unspecified atom stereocenters. The van der Waals surface area contributed by atoms with Crippen LogP contribution in [0.2, 0.25) is 0 Å². The summed E-state index contributed by atoms with van der Waals surface area (Å²) < 4.78 is 7.06. The molecule has 2 N–H and O–H groups in total. The van der Waals surface area contributed by atoms with Crippen molar-refractivity contribution in [3.8, 4) is 5.75 Å². The molecule has 9 heteroatoms. The number of aryl methyl sites for hydroxylation is 2. The van der Waals surface area contributed by atoms with Crippen molar-refractivity contribution in [3.63, 3.8) is 0 Å². The van der Waals surface area contributed by atoms with E-state index in [1.54, 1.807) is 37.5 Å². The minimum atomic E-state index is -0.384. The van der Waals surface area contributed by atoms with Crippen LogP contribution in [0.25, 0.3) is 0 Å². The van der Waals surface area contributed by atoms with Crippen molar-refractivity contribution in [2.75, 3.05) is 18.2 Å². The third-order valence-corrected chi connectivity index (χ3v) is 6.60. The predicted molar refractivity (Wildman–Crippen MR) is 144 cm³/mol. The summed E-state index contributed by atoms with van der Waals surface area (Å²) in [6, 6.07) is 12.5. The molecule has 0 aliphatic rings. The average Bonchev–Trinajstić information content (AvgIpc) is 3.25. The summed E-state index contributed by atoms with van der Waals surface area (Å²) in [5.41, 5.74) is 3.47. The standard InChI is InChI=1S/C27H33N5O3S/c1-7-14-32-25(24(17(2)3)29-26(34)20-9-11-21(35-6)12-10-20)30-31-27(32)36-16-23(33)28-22-13-8-18(4)15-19(22)5/h7-13,15,17,24H,1,14,16H2,2-6H3,(H,28,33)(H,29,34). The number of ether oxygens (including phenoxy) is 1. The summed E-state index contributed by atoms with van der Waals surface area (Å²) in [5, 5.41) is 15.3. The second-order valence-corrected chi connectivity index (χ2v) is 9.76. The third kappa shape index (κ3) is 6.75. The van der Waals surface area contributed by atoms with Gasteiger partial charge in [-0.1, -0.05) is 49.4 Å². The van der Waals surface area contributed by atoms with Gasteiger partial charge in [0.1, 0.15) is 5.75 Å². The first-order valence-electron chi connectivity index (χ1n) is 11.7. The van der Waals surface area contributed by atoms with E-state index in [0.717, 1.165) is 16.8 Å². The van der Waals surface area contributed by atoms with Crippen LogP contribution >= 0.6 is 11.8 Å². The molecule has 0 saturated carbocycles. The van der Waals surface area contributed by atoms with Crippen molar-refractivity contribution < 1.29 is 14.3 Å². The largest absolute Gasteiger partial charge is 0.497 e. The molecule has 0 fully saturated rings. The molecule has 36 heavy (non-hydrogen) atoms. The Morgan fingerprint density at radius 2 is 1.86 bits per heavy atom. The van der Waals surface area contributed by atoms with Gasteiger partial charge in [0.2, 0.25) is 5.91 Å². The van der Waals surface area contributed by atoms with E-state index in [-0.39, 0.29) is 29.5 Å². The van der Waals surface area contributed by atoms with Crippen molar-refractivity contribution in [3.05, 3.63) is 77.6 Å². The van der Waals surface area contributed by atoms with Gasteiger partial charge in [-0.05, 0) is 55.7 Å². The molecule has 1 aromatic heterocycles. The number of rotatable bonds is 11. The fraction of sp³-hybridized carbons (Fsp3) is 0.333. The molecular weight excluding hydrogens is 474 g/mol. The van der Waals surface area contributed by atoms with Crippen LogP contribution in [0, 0.1) is 19.8 Å². The fourth-order valence-corrected chi connectivity index (χ4v) is 4.46. The number of methoxy groups -OCH3 is 1. The summed E-state index contributed by atoms with van der Waals surface area (Å²) in [7, 11) is 1.58. The molecule has 0 spiro atoms. The van der Waals surface area contributed by atoms with E-state index in [9.17, 15) is 9.59 Å². The van der Waals surface area contributed by atoms with E-state index in [1.165, 1.54) is 11.8 Å². The van der Waals surface area contributed by atoms with Gasteiger partial charge in [0.05, 0.1) is 18.9 Å². The average molecular weight is 508 g/mol. The van der Waals surface area contributed by atoms with Crippen LogP contribution < -0.4 is 15.4 Å². The highest BCUT2D eigenvalue weighted by Crippen LogP contribution is 2.26. The molecule has 3 rings (SSSR count). The van der Waals surface area contributed by atoms with E-state index in [1.807, 2.05) is 50.5 Å². The SMILES string of the molecule is C=CCn1c(SCC(=O)Nc2ccc(C)cc2C)nnc1C(NC(=O)c1ccc(OC)cc1)C(C)C. The maximum absolute atomic E-state index is 13.0. The lowest BCUT2D eigenvalue weighted by molar-refractivity contribution is -0.113. The molecule has 2 amide bonds. The van der Waals surface area contributed by atoms with Gasteiger partial charge in [-0.3, -0.25) is 9.59 Å². The molecule has 0 bridgehead atoms. The van der Waals surface area contributed by atoms with Gasteiger partial charge in [-0.25, -0.2) is 0 Å². The Bertz CT molecular complexity index is 1220. The number of hydrogen-bond donors (Lipinski definition) is 2. The Kier molecular flexibility index (Phi) is 9.30. The summed E-state index contributed by atoms with van der Waals surface area (Å²) in [5.74, 6) is 1.17. The lowest BCUT2D eigenvalue weighted by Crippen LogP contribution is -2.33. The lowest BCUT2D eigenvalue weighted by Gasteiger charge is -2.22. The molecule has 0 aliphatic heterocycles. The van der Waals surface area contributed by atoms with Gasteiger partial charge in [0.15, 0.2) is 11.0 Å². The van der Waals surface area contributed by atoms with Crippen LogP contribution in [0.4, 0.5) is 5.69 Å². The third-order valence-electron chi connectivity index (χ3n) is 5.63. The van der Waals surface area contributed by atoms with Gasteiger partial charge < -0.3 is 19.9 Å². The molecule has 0 aliphatic carbocycles. The number of thioether (sulfide) groups is 1. The molecule has 190 valence electrons. The maximum Gasteiger partial charge on any atom is 0.251 e. The van der Waals surface area contributed by atoms with Gasteiger partial charge in [-0.15, -0.1) is 16.8 Å². The molecule has 3 aromatic rings. The zero-order chi connectivity index (χ0) is 26.2. The Morgan fingerprint density at radius 3 is 2.47 bits per heavy atom. The van der Waals surface area contributed by atoms with Crippen molar-refractivity contribution in [2.45, 2.75) is 45.4 Å². The summed E-state index contributed by atoms with van der Waals surface area (Å²) in [4.78, 5) is 25.6. The number of nitrogens with one attached hydrogen (secondary N) is 2. The van der Waals surface area contributed by atoms with Crippen molar-refractivity contribution in [1.82, 2.24) is 20.1 Å². The van der Waals surface area contributed by atoms with Gasteiger partial charge in [0, 0.05) is 17.8 Å². The Labute approximate surface area is 216 Å². The number of amides is 2. The second kappa shape index (κ2) is 12.4. The highest BCUT2D eigenvalue weighted by atomic mass is 32.2. The van der Waals surface area contributed by atoms with Crippen molar-refractivity contribution in [2.24, 2.45) is 5.92 Å². The smallest absolute Gasteiger partial charge is 0.251 e. The van der Waals surface area contributed by atoms with Crippen LogP contribution in [-0.4, -0.2) is 39.4 Å². The van der Waals surface area contributed by atoms with E-state index < -0.39 is 0 Å². The van der Waals surface area contributed by atoms with Crippen LogP contribution in [0.3, 0.4) is 0 Å². The Balaban J connectivity index is 1.74. The number of carbonyl (C=O) groups is 2. The topological polar surface area (TPSA) is 98.1 Å². The van der Waals surface area contributed by atoms with Crippen LogP contribution in [0.5, 0.6) is 5.75 Å². The molecular formula is C27H33N5O3S. The van der Waals surface area contributed by atoms with E-state index in [2.05, 4.69) is 27.4 Å². The second-order valence-electron chi connectivity index (χ2n) is 8.82. The Hall–Kier alpha value is -3.59. The van der Waals surface area contributed by atoms with Crippen LogP contribution in [0.15, 0.2) is 60.3 Å². The summed E-state index contributed by atoms with van der Waals surface area (Å²) in [6.45, 7) is 12.3. The first-order valence-corrected chi connectivity index (χ1v) is 12.7. The predicted octanol–water partition coefficient (Wildman–Crippen LogP) is 4.95. The van der Waals surface area contributed by atoms with Gasteiger partial charge in [0.25, 0.3) is 5.91 Å². The number of allylic oxidation sites excluding steroid dienone is 1. The van der Waals surface area contributed by atoms with E-state index in [4.69, 9.17) is 4.74 Å². The number of anilines is 1. The summed E-state index contributed by atoms with van der Waals surface area (Å²) in [6.07, 6.45) is 1.75. The molecule has 2 aromatic carbocycles. The number of nitrogens with zero attached hydrogens (tertiary/aromatic N) is 3. The molecule has 0 radical (unpaired) electrons. The number of carbonyl (C=O) groups excluding carboxylic acids is 2. The zero-order valence-electron chi connectivity index (χ0n) is 21.4. The molecule has 8 nitrogen and oxygen atoms in total. The zero-order valence-corrected chi connectivity index (χ0v) is 22.2. The molecule has 1 heterocycles. The Morgan fingerprint density at radius 1 is 1.14 bits per heavy atom. The quantitative estimate of drug-likeness (QED) is 0.282. The molecule has 0 saturated heterocycles. The van der Waals surface area contributed by atoms with Crippen molar-refractivity contribution >= 4 is 29.3 Å². The minimum absolute atomic E-state index is 0.0469. The van der Waals surface area contributed by atoms with E-state index in [0.29, 0.717) is 28.8 Å². The van der Waals surface area contributed by atoms with Gasteiger partial charge >= 0.3 is 0 Å². The minimum Gasteiger partial charge on any atom is -0.497 e. The molecule has 1 atom stereocenters. The van der Waals surface area contributed by atoms with E-state index >= 15 is 0 Å². The van der Waals surface area contributed by atoms with Gasteiger partial charge in [-0.2, -0.15) is 0 Å². The normalized spacial score (nSPS) is 11.7. The number of hydrogen-bond acceptors (Lipinski definition) is 6. The fourth-order valence-electron chi connectivity index (χ4n) is 3.70. The van der Waals surface area contributed by atoms with Crippen LogP contribution in [0.1, 0.15) is 47.2 Å². The monoisotopic (exact) mass is 507 g/mol. The highest BCUT2D eigenvalue weighted by Gasteiger charge is 2.26. The van der Waals surface area contributed by atoms with Crippen LogP contribution in [-0.2, 0) is 11.3 Å². The lowest BCUT2D eigenvalue weighted by atomic mass is 10.0. The maximum atomic E-state index is 13.0. The number of aromatic nitrogens is 3. The summed E-state index contributed by atoms with van der Waals surface area (Å²) >= 11 is 1.30. The highest BCUT2D eigenvalue weighted by molar-refractivity contribution is 7.99.